The summed E-state index contributed by atoms with van der Waals surface area (Å²) < 4.78 is 0. The fraction of sp³-hybridized carbons (Fsp3) is 0.769. The van der Waals surface area contributed by atoms with Crippen LogP contribution >= 0.6 is 0 Å². The molecule has 1 rings (SSSR count). The topological polar surface area (TPSA) is 95.5 Å². The van der Waals surface area contributed by atoms with Gasteiger partial charge in [-0.15, -0.1) is 0 Å². The summed E-state index contributed by atoms with van der Waals surface area (Å²) >= 11 is 0. The summed E-state index contributed by atoms with van der Waals surface area (Å²) in [6, 6.07) is -0.408. The number of nitrogens with one attached hydrogen (secondary N) is 2. The first-order valence-electron chi connectivity index (χ1n) is 6.59. The van der Waals surface area contributed by atoms with Crippen LogP contribution in [-0.2, 0) is 14.4 Å². The number of aliphatic carboxylic acids is 1. The van der Waals surface area contributed by atoms with Crippen molar-refractivity contribution >= 4 is 17.8 Å². The molecule has 0 saturated carbocycles. The second kappa shape index (κ2) is 6.54. The van der Waals surface area contributed by atoms with Crippen LogP contribution in [-0.4, -0.2) is 35.5 Å². The second-order valence-corrected chi connectivity index (χ2v) is 5.76. The number of amides is 2. The third kappa shape index (κ3) is 5.72. The normalized spacial score (nSPS) is 19.1. The molecule has 1 atom stereocenters. The lowest BCUT2D eigenvalue weighted by Crippen LogP contribution is -2.42. The fourth-order valence-electron chi connectivity index (χ4n) is 2.03. The van der Waals surface area contributed by atoms with E-state index in [9.17, 15) is 14.4 Å². The quantitative estimate of drug-likeness (QED) is 0.633. The average molecular weight is 270 g/mol. The van der Waals surface area contributed by atoms with Crippen LogP contribution in [0.3, 0.4) is 0 Å². The maximum atomic E-state index is 11.7. The average Bonchev–Trinajstić information content (AvgIpc) is 2.73. The van der Waals surface area contributed by atoms with E-state index in [2.05, 4.69) is 10.6 Å². The number of carbonyl (C=O) groups excluding carboxylic acids is 2. The van der Waals surface area contributed by atoms with E-state index in [0.29, 0.717) is 32.2 Å². The Hall–Kier alpha value is -1.59. The number of carbonyl (C=O) groups is 3. The minimum atomic E-state index is -0.800. The molecule has 0 aliphatic carbocycles. The van der Waals surface area contributed by atoms with E-state index in [1.54, 1.807) is 0 Å². The van der Waals surface area contributed by atoms with Crippen molar-refractivity contribution in [3.8, 4) is 0 Å². The molecule has 6 heteroatoms. The van der Waals surface area contributed by atoms with Crippen molar-refractivity contribution < 1.29 is 19.5 Å². The monoisotopic (exact) mass is 270 g/mol. The molecule has 19 heavy (non-hydrogen) atoms. The Bertz CT molecular complexity index is 366. The summed E-state index contributed by atoms with van der Waals surface area (Å²) in [7, 11) is 0. The van der Waals surface area contributed by atoms with E-state index >= 15 is 0 Å². The Labute approximate surface area is 112 Å². The van der Waals surface area contributed by atoms with Crippen LogP contribution in [0.2, 0.25) is 0 Å². The molecule has 0 aromatic rings. The summed E-state index contributed by atoms with van der Waals surface area (Å²) in [5, 5.41) is 14.0. The highest BCUT2D eigenvalue weighted by Crippen LogP contribution is 2.26. The van der Waals surface area contributed by atoms with Crippen molar-refractivity contribution in [2.24, 2.45) is 5.41 Å². The van der Waals surface area contributed by atoms with E-state index in [4.69, 9.17) is 5.11 Å². The molecule has 0 unspecified atom stereocenters. The van der Waals surface area contributed by atoms with Crippen LogP contribution in [0.25, 0.3) is 0 Å². The van der Waals surface area contributed by atoms with Gasteiger partial charge in [0.25, 0.3) is 0 Å². The molecule has 0 bridgehead atoms. The zero-order chi connectivity index (χ0) is 14.5. The maximum absolute atomic E-state index is 11.7. The lowest BCUT2D eigenvalue weighted by molar-refractivity contribution is -0.137. The standard InChI is InChI=1S/C13H22N2O4/c1-13(2,6-5-11(17)18)7-8-14-12(19)9-3-4-10(16)15-9/h9H,3-8H2,1-2H3,(H,14,19)(H,15,16)(H,17,18)/t9-/m0/s1. The predicted molar refractivity (Wildman–Crippen MR) is 69.4 cm³/mol. The lowest BCUT2D eigenvalue weighted by Gasteiger charge is -2.24. The highest BCUT2D eigenvalue weighted by molar-refractivity contribution is 5.90. The van der Waals surface area contributed by atoms with E-state index in [1.165, 1.54) is 0 Å². The zero-order valence-electron chi connectivity index (χ0n) is 11.5. The van der Waals surface area contributed by atoms with Gasteiger partial charge in [-0.3, -0.25) is 14.4 Å². The molecule has 108 valence electrons. The highest BCUT2D eigenvalue weighted by Gasteiger charge is 2.27. The molecular formula is C13H22N2O4. The molecule has 3 N–H and O–H groups in total. The number of carboxylic acids is 1. The molecule has 2 amide bonds. The van der Waals surface area contributed by atoms with E-state index in [1.807, 2.05) is 13.8 Å². The van der Waals surface area contributed by atoms with Crippen molar-refractivity contribution in [1.82, 2.24) is 10.6 Å². The summed E-state index contributed by atoms with van der Waals surface area (Å²) in [4.78, 5) is 33.2. The van der Waals surface area contributed by atoms with Gasteiger partial charge in [0.2, 0.25) is 11.8 Å². The van der Waals surface area contributed by atoms with Gasteiger partial charge >= 0.3 is 5.97 Å². The van der Waals surface area contributed by atoms with Gasteiger partial charge in [-0.1, -0.05) is 13.8 Å². The third-order valence-corrected chi connectivity index (χ3v) is 3.43. The van der Waals surface area contributed by atoms with E-state index in [0.717, 1.165) is 0 Å². The summed E-state index contributed by atoms with van der Waals surface area (Å²) in [5.74, 6) is -1.03. The fourth-order valence-corrected chi connectivity index (χ4v) is 2.03. The summed E-state index contributed by atoms with van der Waals surface area (Å²) in [5.41, 5.74) is -0.120. The van der Waals surface area contributed by atoms with Crippen molar-refractivity contribution in [2.75, 3.05) is 6.54 Å². The third-order valence-electron chi connectivity index (χ3n) is 3.43. The number of hydrogen-bond donors (Lipinski definition) is 3. The smallest absolute Gasteiger partial charge is 0.303 e. The SMILES string of the molecule is CC(C)(CCNC(=O)[C@@H]1CCC(=O)N1)CCC(=O)O. The molecule has 1 aliphatic heterocycles. The largest absolute Gasteiger partial charge is 0.481 e. The highest BCUT2D eigenvalue weighted by atomic mass is 16.4. The van der Waals surface area contributed by atoms with Gasteiger partial charge in [-0.2, -0.15) is 0 Å². The maximum Gasteiger partial charge on any atom is 0.303 e. The zero-order valence-corrected chi connectivity index (χ0v) is 11.5. The van der Waals surface area contributed by atoms with Gasteiger partial charge in [0.15, 0.2) is 0 Å². The van der Waals surface area contributed by atoms with Crippen LogP contribution in [0, 0.1) is 5.41 Å². The lowest BCUT2D eigenvalue weighted by atomic mass is 9.84. The molecule has 0 aromatic carbocycles. The van der Waals surface area contributed by atoms with Gasteiger partial charge in [0, 0.05) is 19.4 Å². The number of carboxylic acid groups (broad SMARTS) is 1. The van der Waals surface area contributed by atoms with Crippen LogP contribution < -0.4 is 10.6 Å². The minimum Gasteiger partial charge on any atom is -0.481 e. The molecule has 0 aromatic heterocycles. The second-order valence-electron chi connectivity index (χ2n) is 5.76. The van der Waals surface area contributed by atoms with Crippen molar-refractivity contribution in [2.45, 2.75) is 52.0 Å². The van der Waals surface area contributed by atoms with Crippen molar-refractivity contribution in [3.63, 3.8) is 0 Å². The Morgan fingerprint density at radius 1 is 1.42 bits per heavy atom. The van der Waals surface area contributed by atoms with Gasteiger partial charge < -0.3 is 15.7 Å². The number of rotatable bonds is 7. The predicted octanol–water partition coefficient (Wildman–Crippen LogP) is 0.662. The molecule has 0 radical (unpaired) electrons. The first-order chi connectivity index (χ1) is 8.80. The van der Waals surface area contributed by atoms with Gasteiger partial charge in [0.05, 0.1) is 0 Å². The number of hydrogen-bond acceptors (Lipinski definition) is 3. The first-order valence-corrected chi connectivity index (χ1v) is 6.59. The van der Waals surface area contributed by atoms with E-state index < -0.39 is 12.0 Å². The summed E-state index contributed by atoms with van der Waals surface area (Å²) in [6.45, 7) is 4.47. The summed E-state index contributed by atoms with van der Waals surface area (Å²) in [6.07, 6.45) is 2.39. The molecule has 6 nitrogen and oxygen atoms in total. The van der Waals surface area contributed by atoms with Crippen molar-refractivity contribution in [1.29, 1.82) is 0 Å². The van der Waals surface area contributed by atoms with Crippen molar-refractivity contribution in [3.05, 3.63) is 0 Å². The molecule has 1 heterocycles. The Morgan fingerprint density at radius 2 is 2.11 bits per heavy atom. The van der Waals surface area contributed by atoms with Gasteiger partial charge in [-0.05, 0) is 24.7 Å². The molecule has 1 fully saturated rings. The van der Waals surface area contributed by atoms with Gasteiger partial charge in [-0.25, -0.2) is 0 Å². The minimum absolute atomic E-state index is 0.0815. The van der Waals surface area contributed by atoms with Gasteiger partial charge in [0.1, 0.15) is 6.04 Å². The molecular weight excluding hydrogens is 248 g/mol. The van der Waals surface area contributed by atoms with E-state index in [-0.39, 0.29) is 23.7 Å². The molecule has 1 saturated heterocycles. The van der Waals surface area contributed by atoms with Crippen LogP contribution in [0.5, 0.6) is 0 Å². The molecule has 1 aliphatic rings. The molecule has 0 spiro atoms. The van der Waals surface area contributed by atoms with Crippen LogP contribution in [0.4, 0.5) is 0 Å². The first kappa shape index (κ1) is 15.5. The van der Waals surface area contributed by atoms with Crippen LogP contribution in [0.15, 0.2) is 0 Å². The van der Waals surface area contributed by atoms with Crippen LogP contribution in [0.1, 0.15) is 46.0 Å². The Kier molecular flexibility index (Phi) is 5.32. The Balaban J connectivity index is 2.23. The Morgan fingerprint density at radius 3 is 2.63 bits per heavy atom.